The number of fused-ring (bicyclic) bond motifs is 6. The Labute approximate surface area is 186 Å². The molecule has 1 aromatic heterocycles. The molecule has 0 N–H and O–H groups in total. The van der Waals surface area contributed by atoms with Crippen LogP contribution in [0.4, 0.5) is 0 Å². The summed E-state index contributed by atoms with van der Waals surface area (Å²) in [7, 11) is -2.38. The zero-order chi connectivity index (χ0) is 21.9. The van der Waals surface area contributed by atoms with Gasteiger partial charge in [-0.3, -0.25) is 0 Å². The fourth-order valence-electron chi connectivity index (χ4n) is 4.72. The average Bonchev–Trinajstić information content (AvgIpc) is 2.82. The van der Waals surface area contributed by atoms with Crippen molar-refractivity contribution in [1.29, 1.82) is 0 Å². The van der Waals surface area contributed by atoms with Crippen molar-refractivity contribution in [3.8, 4) is 11.1 Å². The number of pyridine rings is 1. The van der Waals surface area contributed by atoms with Gasteiger partial charge in [0.2, 0.25) is 0 Å². The Morgan fingerprint density at radius 2 is 1.16 bits per heavy atom. The van der Waals surface area contributed by atoms with Crippen molar-refractivity contribution in [3.05, 3.63) is 97.1 Å². The Bertz CT molecular complexity index is 1640. The maximum absolute atomic E-state index is 12.9. The molecular weight excluding hydrogens is 409 g/mol. The molecule has 6 rings (SSSR count). The number of nitrogens with zero attached hydrogens (tertiary/aromatic N) is 1. The first-order valence-corrected chi connectivity index (χ1v) is 13.4. The summed E-state index contributed by atoms with van der Waals surface area (Å²) in [4.78, 5) is 5.24. The van der Waals surface area contributed by atoms with Crippen LogP contribution in [0.2, 0.25) is 0 Å². The molecule has 0 aliphatic heterocycles. The zero-order valence-electron chi connectivity index (χ0n) is 18.0. The van der Waals surface area contributed by atoms with Crippen LogP contribution in [0.1, 0.15) is 0 Å². The molecule has 6 aromatic rings. The Hall–Kier alpha value is -3.48. The topological polar surface area (TPSA) is 30.0 Å². The molecule has 3 heteroatoms. The summed E-state index contributed by atoms with van der Waals surface area (Å²) in [5, 5.41) is 7.78. The summed E-state index contributed by atoms with van der Waals surface area (Å²) in [5.41, 5.74) is 4.23. The van der Waals surface area contributed by atoms with E-state index in [9.17, 15) is 4.57 Å². The van der Waals surface area contributed by atoms with Crippen LogP contribution in [-0.4, -0.2) is 18.3 Å². The molecule has 0 amide bonds. The van der Waals surface area contributed by atoms with Crippen LogP contribution < -0.4 is 5.30 Å². The number of aromatic nitrogens is 1. The van der Waals surface area contributed by atoms with E-state index >= 15 is 0 Å². The van der Waals surface area contributed by atoms with Gasteiger partial charge in [-0.15, -0.1) is 0 Å². The maximum atomic E-state index is 12.9. The number of rotatable bonds is 2. The maximum Gasteiger partial charge on any atom is 0.109 e. The fraction of sp³-hybridized carbons (Fsp3) is 0.0690. The van der Waals surface area contributed by atoms with Gasteiger partial charge in [0.15, 0.2) is 0 Å². The minimum Gasteiger partial charge on any atom is -0.319 e. The number of hydrogen-bond acceptors (Lipinski definition) is 2. The molecule has 0 aliphatic rings. The quantitative estimate of drug-likeness (QED) is 0.160. The third-order valence-corrected chi connectivity index (χ3v) is 7.84. The van der Waals surface area contributed by atoms with E-state index in [0.717, 1.165) is 49.0 Å². The van der Waals surface area contributed by atoms with Crippen LogP contribution >= 0.6 is 7.14 Å². The van der Waals surface area contributed by atoms with E-state index in [1.807, 2.05) is 25.5 Å². The van der Waals surface area contributed by atoms with E-state index in [2.05, 4.69) is 84.9 Å². The second-order valence-corrected chi connectivity index (χ2v) is 12.0. The standard InChI is InChI=1S/C29H22NOP/c1-32(2,31)22-11-7-10-21(18-22)27-25-16-14-19-8-3-5-12-23(19)28(25)30-29-24-13-6-4-9-20(24)15-17-26(27)29/h3-18H,1-2H3. The van der Waals surface area contributed by atoms with Crippen LogP contribution in [0.15, 0.2) is 97.1 Å². The van der Waals surface area contributed by atoms with Gasteiger partial charge in [-0.25, -0.2) is 4.98 Å². The number of benzene rings is 5. The van der Waals surface area contributed by atoms with Crippen LogP contribution in [0.3, 0.4) is 0 Å². The fourth-order valence-corrected chi connectivity index (χ4v) is 5.61. The van der Waals surface area contributed by atoms with Gasteiger partial charge in [-0.2, -0.15) is 0 Å². The summed E-state index contributed by atoms with van der Waals surface area (Å²) < 4.78 is 12.9. The Balaban J connectivity index is 1.85. The first-order chi connectivity index (χ1) is 15.5. The van der Waals surface area contributed by atoms with E-state index in [4.69, 9.17) is 4.98 Å². The molecule has 0 radical (unpaired) electrons. The average molecular weight is 431 g/mol. The minimum absolute atomic E-state index is 0.898. The zero-order valence-corrected chi connectivity index (χ0v) is 18.9. The highest BCUT2D eigenvalue weighted by Gasteiger charge is 2.17. The van der Waals surface area contributed by atoms with E-state index in [1.54, 1.807) is 0 Å². The first-order valence-electron chi connectivity index (χ1n) is 10.8. The van der Waals surface area contributed by atoms with Gasteiger partial charge in [0.1, 0.15) is 7.14 Å². The third-order valence-electron chi connectivity index (χ3n) is 6.32. The lowest BCUT2D eigenvalue weighted by Crippen LogP contribution is -2.03. The predicted octanol–water partition coefficient (Wildman–Crippen LogP) is 7.61. The number of hydrogen-bond donors (Lipinski definition) is 0. The van der Waals surface area contributed by atoms with E-state index < -0.39 is 7.14 Å². The minimum atomic E-state index is -2.38. The van der Waals surface area contributed by atoms with Crippen molar-refractivity contribution in [1.82, 2.24) is 4.98 Å². The summed E-state index contributed by atoms with van der Waals surface area (Å²) in [6, 6.07) is 33.7. The molecule has 0 bridgehead atoms. The molecule has 2 nitrogen and oxygen atoms in total. The molecule has 32 heavy (non-hydrogen) atoms. The molecule has 0 saturated heterocycles. The highest BCUT2D eigenvalue weighted by atomic mass is 31.2. The second-order valence-electron chi connectivity index (χ2n) is 8.75. The van der Waals surface area contributed by atoms with Crippen LogP contribution in [0.25, 0.3) is 54.5 Å². The summed E-state index contributed by atoms with van der Waals surface area (Å²) in [6.45, 7) is 3.66. The monoisotopic (exact) mass is 431 g/mol. The van der Waals surface area contributed by atoms with E-state index in [-0.39, 0.29) is 0 Å². The smallest absolute Gasteiger partial charge is 0.109 e. The van der Waals surface area contributed by atoms with Gasteiger partial charge in [0.25, 0.3) is 0 Å². The van der Waals surface area contributed by atoms with Crippen LogP contribution in [-0.2, 0) is 4.57 Å². The lowest BCUT2D eigenvalue weighted by Gasteiger charge is -2.16. The highest BCUT2D eigenvalue weighted by molar-refractivity contribution is 7.70. The van der Waals surface area contributed by atoms with Gasteiger partial charge < -0.3 is 4.57 Å². The summed E-state index contributed by atoms with van der Waals surface area (Å²) >= 11 is 0. The predicted molar refractivity (Wildman–Crippen MR) is 139 cm³/mol. The van der Waals surface area contributed by atoms with Crippen LogP contribution in [0, 0.1) is 0 Å². The first kappa shape index (κ1) is 19.2. The third kappa shape index (κ3) is 2.95. The molecule has 0 saturated carbocycles. The summed E-state index contributed by atoms with van der Waals surface area (Å²) in [5.74, 6) is 0. The van der Waals surface area contributed by atoms with Crippen molar-refractivity contribution in [2.45, 2.75) is 0 Å². The molecule has 0 spiro atoms. The van der Waals surface area contributed by atoms with Crippen molar-refractivity contribution in [3.63, 3.8) is 0 Å². The molecule has 0 fully saturated rings. The molecule has 154 valence electrons. The molecule has 0 aliphatic carbocycles. The van der Waals surface area contributed by atoms with Crippen molar-refractivity contribution >= 4 is 55.8 Å². The van der Waals surface area contributed by atoms with Crippen molar-refractivity contribution < 1.29 is 4.57 Å². The Morgan fingerprint density at radius 1 is 0.594 bits per heavy atom. The van der Waals surface area contributed by atoms with Gasteiger partial charge >= 0.3 is 0 Å². The van der Waals surface area contributed by atoms with Gasteiger partial charge in [0.05, 0.1) is 11.0 Å². The van der Waals surface area contributed by atoms with Gasteiger partial charge in [-0.05, 0) is 35.7 Å². The van der Waals surface area contributed by atoms with Gasteiger partial charge in [-0.1, -0.05) is 91.0 Å². The molecule has 0 unspecified atom stereocenters. The second kappa shape index (κ2) is 7.02. The molecule has 1 heterocycles. The van der Waals surface area contributed by atoms with Crippen LogP contribution in [0.5, 0.6) is 0 Å². The van der Waals surface area contributed by atoms with Crippen molar-refractivity contribution in [2.75, 3.05) is 13.3 Å². The highest BCUT2D eigenvalue weighted by Crippen LogP contribution is 2.41. The molecule has 5 aromatic carbocycles. The normalized spacial score (nSPS) is 12.2. The largest absolute Gasteiger partial charge is 0.319 e. The SMILES string of the molecule is CP(C)(=O)c1cccc(-c2c3ccc4ccccc4c3nc3c2ccc2ccccc23)c1. The van der Waals surface area contributed by atoms with Crippen molar-refractivity contribution in [2.24, 2.45) is 0 Å². The lowest BCUT2D eigenvalue weighted by molar-refractivity contribution is 0.588. The Kier molecular flexibility index (Phi) is 4.22. The molecular formula is C29H22NOP. The molecule has 0 atom stereocenters. The van der Waals surface area contributed by atoms with Gasteiger partial charge in [0, 0.05) is 32.4 Å². The summed E-state index contributed by atoms with van der Waals surface area (Å²) in [6.07, 6.45) is 0. The van der Waals surface area contributed by atoms with E-state index in [1.165, 1.54) is 10.8 Å². The lowest BCUT2D eigenvalue weighted by atomic mass is 9.92. The Morgan fingerprint density at radius 3 is 1.72 bits per heavy atom. The van der Waals surface area contributed by atoms with E-state index in [0.29, 0.717) is 0 Å².